The summed E-state index contributed by atoms with van der Waals surface area (Å²) in [5, 5.41) is 5.41. The zero-order valence-electron chi connectivity index (χ0n) is 18.9. The number of benzene rings is 2. The van der Waals surface area contributed by atoms with E-state index in [0.717, 1.165) is 46.4 Å². The van der Waals surface area contributed by atoms with Crippen LogP contribution in [0.15, 0.2) is 61.1 Å². The van der Waals surface area contributed by atoms with E-state index in [0.29, 0.717) is 28.2 Å². The van der Waals surface area contributed by atoms with Gasteiger partial charge >= 0.3 is 0 Å². The molecular weight excluding hydrogens is 481 g/mol. The quantitative estimate of drug-likeness (QED) is 0.316. The number of amides is 1. The van der Waals surface area contributed by atoms with Crippen molar-refractivity contribution in [3.05, 3.63) is 82.4 Å². The summed E-state index contributed by atoms with van der Waals surface area (Å²) in [6, 6.07) is 15.9. The van der Waals surface area contributed by atoms with Gasteiger partial charge in [0, 0.05) is 39.3 Å². The second-order valence-electron chi connectivity index (χ2n) is 9.23. The van der Waals surface area contributed by atoms with Crippen molar-refractivity contribution in [2.45, 2.75) is 44.3 Å². The van der Waals surface area contributed by atoms with Crippen LogP contribution in [-0.4, -0.2) is 37.8 Å². The van der Waals surface area contributed by atoms with Crippen molar-refractivity contribution >= 4 is 45.8 Å². The number of anilines is 1. The van der Waals surface area contributed by atoms with Crippen LogP contribution in [0.1, 0.15) is 41.7 Å². The van der Waals surface area contributed by atoms with Gasteiger partial charge in [0.05, 0.1) is 17.8 Å². The fourth-order valence-electron chi connectivity index (χ4n) is 4.29. The van der Waals surface area contributed by atoms with Crippen molar-refractivity contribution in [3.63, 3.8) is 0 Å². The molecule has 0 atom stereocenters. The lowest BCUT2D eigenvalue weighted by atomic mass is 10.0. The Hall–Kier alpha value is -3.22. The molecule has 6 nitrogen and oxygen atoms in total. The van der Waals surface area contributed by atoms with Crippen LogP contribution >= 0.6 is 23.2 Å². The van der Waals surface area contributed by atoms with Crippen molar-refractivity contribution < 1.29 is 4.79 Å². The van der Waals surface area contributed by atoms with Gasteiger partial charge in [0.25, 0.3) is 5.91 Å². The van der Waals surface area contributed by atoms with Gasteiger partial charge in [-0.15, -0.1) is 0 Å². The lowest BCUT2D eigenvalue weighted by Crippen LogP contribution is -2.33. The molecule has 8 heteroatoms. The molecule has 35 heavy (non-hydrogen) atoms. The van der Waals surface area contributed by atoms with Crippen LogP contribution in [0.2, 0.25) is 10.0 Å². The first-order valence-electron chi connectivity index (χ1n) is 11.8. The summed E-state index contributed by atoms with van der Waals surface area (Å²) in [4.78, 5) is 28.7. The monoisotopic (exact) mass is 503 g/mol. The van der Waals surface area contributed by atoms with Crippen LogP contribution < -0.4 is 5.32 Å². The number of hydrogen-bond donors (Lipinski definition) is 1. The zero-order valence-corrected chi connectivity index (χ0v) is 20.4. The summed E-state index contributed by atoms with van der Waals surface area (Å²) in [5.74, 6) is 0.794. The maximum atomic E-state index is 13.3. The lowest BCUT2D eigenvalue weighted by Gasteiger charge is -2.22. The molecule has 2 heterocycles. The Balaban J connectivity index is 1.29. The minimum Gasteiger partial charge on any atom is -0.367 e. The van der Waals surface area contributed by atoms with Crippen molar-refractivity contribution in [1.29, 1.82) is 0 Å². The average Bonchev–Trinajstić information content (AvgIpc) is 3.77. The number of carbonyl (C=O) groups excluding carboxylic acids is 1. The number of pyridine rings is 1. The highest BCUT2D eigenvalue weighted by Gasteiger charge is 2.33. The summed E-state index contributed by atoms with van der Waals surface area (Å²) in [6.07, 6.45) is 7.73. The molecule has 176 valence electrons. The van der Waals surface area contributed by atoms with Gasteiger partial charge in [-0.2, -0.15) is 0 Å². The summed E-state index contributed by atoms with van der Waals surface area (Å²) in [7, 11) is 0. The van der Waals surface area contributed by atoms with E-state index in [4.69, 9.17) is 23.2 Å². The van der Waals surface area contributed by atoms with Gasteiger partial charge in [-0.3, -0.25) is 9.78 Å². The molecule has 0 spiro atoms. The normalized spacial score (nSPS) is 15.3. The van der Waals surface area contributed by atoms with Gasteiger partial charge in [-0.05, 0) is 79.3 Å². The van der Waals surface area contributed by atoms with E-state index >= 15 is 0 Å². The minimum absolute atomic E-state index is 0.0808. The van der Waals surface area contributed by atoms with Gasteiger partial charge in [0.15, 0.2) is 0 Å². The molecule has 2 saturated carbocycles. The van der Waals surface area contributed by atoms with E-state index < -0.39 is 0 Å². The molecule has 6 rings (SSSR count). The first-order chi connectivity index (χ1) is 17.0. The van der Waals surface area contributed by atoms with Crippen molar-refractivity contribution in [2.24, 2.45) is 0 Å². The molecule has 2 aliphatic carbocycles. The topological polar surface area (TPSA) is 71.0 Å². The van der Waals surface area contributed by atoms with Gasteiger partial charge in [-0.1, -0.05) is 29.3 Å². The largest absolute Gasteiger partial charge is 0.367 e. The standard InChI is InChI=1S/C27H23Cl2N5O/c28-19-9-18(10-20(29)13-19)27(35)34(23-4-5-23)14-22-11-17(7-8-30-22)16-1-6-25-24(12-16)26(32-15-31-25)33-21-2-3-21/h1,6-13,15,21,23H,2-5,14H2,(H,31,32,33). The van der Waals surface area contributed by atoms with Crippen LogP contribution in [0.3, 0.4) is 0 Å². The number of rotatable bonds is 7. The van der Waals surface area contributed by atoms with E-state index in [1.807, 2.05) is 23.1 Å². The van der Waals surface area contributed by atoms with E-state index in [1.54, 1.807) is 30.7 Å². The smallest absolute Gasteiger partial charge is 0.254 e. The number of hydrogen-bond acceptors (Lipinski definition) is 5. The molecule has 0 radical (unpaired) electrons. The number of fused-ring (bicyclic) bond motifs is 1. The highest BCUT2D eigenvalue weighted by atomic mass is 35.5. The minimum atomic E-state index is -0.0808. The molecular formula is C27H23Cl2N5O. The SMILES string of the molecule is O=C(c1cc(Cl)cc(Cl)c1)N(Cc1cc(-c2ccc3ncnc(NC4CC4)c3c2)ccn1)C1CC1. The third kappa shape index (κ3) is 4.95. The Kier molecular flexibility index (Phi) is 5.78. The van der Waals surface area contributed by atoms with Gasteiger partial charge in [0.2, 0.25) is 0 Å². The maximum absolute atomic E-state index is 13.3. The summed E-state index contributed by atoms with van der Waals surface area (Å²) in [5.41, 5.74) is 4.33. The van der Waals surface area contributed by atoms with E-state index in [9.17, 15) is 4.79 Å². The van der Waals surface area contributed by atoms with Crippen LogP contribution in [0.4, 0.5) is 5.82 Å². The fourth-order valence-corrected chi connectivity index (χ4v) is 4.81. The Morgan fingerprint density at radius 3 is 2.43 bits per heavy atom. The summed E-state index contributed by atoms with van der Waals surface area (Å²) >= 11 is 12.3. The molecule has 2 aliphatic rings. The van der Waals surface area contributed by atoms with Crippen molar-refractivity contribution in [2.75, 3.05) is 5.32 Å². The number of carbonyl (C=O) groups is 1. The fraction of sp³-hybridized carbons (Fsp3) is 0.259. The first kappa shape index (κ1) is 22.3. The number of aromatic nitrogens is 3. The first-order valence-corrected chi connectivity index (χ1v) is 12.5. The van der Waals surface area contributed by atoms with Crippen LogP contribution in [0.25, 0.3) is 22.0 Å². The Morgan fingerprint density at radius 1 is 0.914 bits per heavy atom. The van der Waals surface area contributed by atoms with Crippen molar-refractivity contribution in [3.8, 4) is 11.1 Å². The van der Waals surface area contributed by atoms with E-state index in [-0.39, 0.29) is 11.9 Å². The molecule has 0 unspecified atom stereocenters. The zero-order chi connectivity index (χ0) is 23.9. The highest BCUT2D eigenvalue weighted by molar-refractivity contribution is 6.35. The van der Waals surface area contributed by atoms with Crippen LogP contribution in [0, 0.1) is 0 Å². The molecule has 4 aromatic rings. The van der Waals surface area contributed by atoms with Gasteiger partial charge < -0.3 is 10.2 Å². The number of nitrogens with zero attached hydrogens (tertiary/aromatic N) is 4. The maximum Gasteiger partial charge on any atom is 0.254 e. The molecule has 2 aromatic heterocycles. The van der Waals surface area contributed by atoms with Crippen LogP contribution in [-0.2, 0) is 6.54 Å². The van der Waals surface area contributed by atoms with E-state index in [1.165, 1.54) is 12.8 Å². The summed E-state index contributed by atoms with van der Waals surface area (Å²) in [6.45, 7) is 0.423. The molecule has 1 N–H and O–H groups in total. The Labute approximate surface area is 213 Å². The molecule has 0 bridgehead atoms. The summed E-state index contributed by atoms with van der Waals surface area (Å²) < 4.78 is 0. The second kappa shape index (κ2) is 9.10. The van der Waals surface area contributed by atoms with Crippen molar-refractivity contribution in [1.82, 2.24) is 19.9 Å². The number of nitrogens with one attached hydrogen (secondary N) is 1. The average molecular weight is 504 g/mol. The highest BCUT2D eigenvalue weighted by Crippen LogP contribution is 2.33. The lowest BCUT2D eigenvalue weighted by molar-refractivity contribution is 0.0727. The predicted molar refractivity (Wildman–Crippen MR) is 139 cm³/mol. The molecule has 0 saturated heterocycles. The molecule has 0 aliphatic heterocycles. The van der Waals surface area contributed by atoms with Crippen LogP contribution in [0.5, 0.6) is 0 Å². The molecule has 1 amide bonds. The van der Waals surface area contributed by atoms with Gasteiger partial charge in [-0.25, -0.2) is 9.97 Å². The Morgan fingerprint density at radius 2 is 1.69 bits per heavy atom. The third-order valence-electron chi connectivity index (χ3n) is 6.39. The second-order valence-corrected chi connectivity index (χ2v) is 10.1. The van der Waals surface area contributed by atoms with Gasteiger partial charge in [0.1, 0.15) is 12.1 Å². The number of halogens is 2. The molecule has 2 aromatic carbocycles. The molecule has 2 fully saturated rings. The Bertz CT molecular complexity index is 1410. The third-order valence-corrected chi connectivity index (χ3v) is 6.83. The predicted octanol–water partition coefficient (Wildman–Crippen LogP) is 6.38. The van der Waals surface area contributed by atoms with E-state index in [2.05, 4.69) is 32.4 Å².